The number of ketones is 1. The Morgan fingerprint density at radius 2 is 2.11 bits per heavy atom. The van der Waals surface area contributed by atoms with Crippen LogP contribution in [0.3, 0.4) is 0 Å². The van der Waals surface area contributed by atoms with Crippen LogP contribution in [0.5, 0.6) is 11.5 Å². The third kappa shape index (κ3) is 3.73. The summed E-state index contributed by atoms with van der Waals surface area (Å²) in [4.78, 5) is 21.2. The van der Waals surface area contributed by atoms with Crippen molar-refractivity contribution in [2.75, 3.05) is 13.7 Å². The highest BCUT2D eigenvalue weighted by molar-refractivity contribution is 5.78. The Balaban J connectivity index is 2.75. The van der Waals surface area contributed by atoms with E-state index in [2.05, 4.69) is 0 Å². The Bertz CT molecular complexity index is 444. The predicted molar refractivity (Wildman–Crippen MR) is 65.1 cm³/mol. The number of carbonyl (C=O) groups is 1. The minimum Gasteiger partial charge on any atom is -0.493 e. The number of carbonyl (C=O) groups excluding carboxylic acids is 1. The van der Waals surface area contributed by atoms with Gasteiger partial charge in [-0.25, -0.2) is 0 Å². The molecule has 0 saturated heterocycles. The van der Waals surface area contributed by atoms with Gasteiger partial charge in [0, 0.05) is 18.9 Å². The zero-order valence-electron chi connectivity index (χ0n) is 10.3. The summed E-state index contributed by atoms with van der Waals surface area (Å²) in [5.41, 5.74) is -0.0763. The van der Waals surface area contributed by atoms with E-state index in [4.69, 9.17) is 9.47 Å². The summed E-state index contributed by atoms with van der Waals surface area (Å²) in [7, 11) is 1.45. The lowest BCUT2D eigenvalue weighted by Gasteiger charge is -2.09. The van der Waals surface area contributed by atoms with E-state index in [0.717, 1.165) is 0 Å². The van der Waals surface area contributed by atoms with Crippen LogP contribution in [-0.4, -0.2) is 24.4 Å². The number of hydrogen-bond donors (Lipinski definition) is 0. The molecule has 18 heavy (non-hydrogen) atoms. The van der Waals surface area contributed by atoms with Crippen LogP contribution in [0.2, 0.25) is 0 Å². The van der Waals surface area contributed by atoms with Gasteiger partial charge < -0.3 is 9.47 Å². The molecular weight excluding hydrogens is 238 g/mol. The van der Waals surface area contributed by atoms with Gasteiger partial charge in [0.1, 0.15) is 5.78 Å². The summed E-state index contributed by atoms with van der Waals surface area (Å²) < 4.78 is 10.4. The van der Waals surface area contributed by atoms with E-state index in [1.165, 1.54) is 25.3 Å². The molecule has 0 amide bonds. The van der Waals surface area contributed by atoms with Gasteiger partial charge in [-0.2, -0.15) is 0 Å². The normalized spacial score (nSPS) is 9.89. The molecule has 1 rings (SSSR count). The fourth-order valence-electron chi connectivity index (χ4n) is 1.34. The van der Waals surface area contributed by atoms with Crippen molar-refractivity contribution < 1.29 is 19.2 Å². The van der Waals surface area contributed by atoms with Gasteiger partial charge in [-0.1, -0.05) is 6.92 Å². The van der Waals surface area contributed by atoms with Gasteiger partial charge in [-0.15, -0.1) is 0 Å². The van der Waals surface area contributed by atoms with Crippen molar-refractivity contribution in [3.63, 3.8) is 0 Å². The highest BCUT2D eigenvalue weighted by atomic mass is 16.6. The highest BCUT2D eigenvalue weighted by Crippen LogP contribution is 2.31. The van der Waals surface area contributed by atoms with Crippen LogP contribution in [0.4, 0.5) is 5.69 Å². The summed E-state index contributed by atoms with van der Waals surface area (Å²) in [5.74, 6) is 0.763. The first-order valence-electron chi connectivity index (χ1n) is 5.55. The van der Waals surface area contributed by atoms with Gasteiger partial charge in [-0.3, -0.25) is 14.9 Å². The van der Waals surface area contributed by atoms with Gasteiger partial charge in [0.05, 0.1) is 24.7 Å². The first-order valence-corrected chi connectivity index (χ1v) is 5.55. The molecule has 6 heteroatoms. The maximum absolute atomic E-state index is 11.1. The van der Waals surface area contributed by atoms with Crippen molar-refractivity contribution in [1.29, 1.82) is 0 Å². The van der Waals surface area contributed by atoms with Gasteiger partial charge in [0.25, 0.3) is 5.69 Å². The quantitative estimate of drug-likeness (QED) is 0.550. The molecule has 0 fully saturated rings. The molecule has 0 saturated carbocycles. The Hall–Kier alpha value is -2.11. The molecule has 1 aromatic carbocycles. The Morgan fingerprint density at radius 3 is 2.67 bits per heavy atom. The number of benzene rings is 1. The van der Waals surface area contributed by atoms with Crippen LogP contribution in [0.25, 0.3) is 0 Å². The second kappa shape index (κ2) is 6.58. The van der Waals surface area contributed by atoms with E-state index in [0.29, 0.717) is 12.2 Å². The van der Waals surface area contributed by atoms with E-state index in [1.807, 2.05) is 0 Å². The highest BCUT2D eigenvalue weighted by Gasteiger charge is 2.12. The third-order valence-electron chi connectivity index (χ3n) is 2.39. The topological polar surface area (TPSA) is 78.7 Å². The molecule has 98 valence electrons. The molecule has 0 aliphatic heterocycles. The minimum atomic E-state index is -0.510. The van der Waals surface area contributed by atoms with Crippen molar-refractivity contribution in [1.82, 2.24) is 0 Å². The van der Waals surface area contributed by atoms with Crippen LogP contribution in [-0.2, 0) is 4.79 Å². The molecule has 0 aromatic heterocycles. The number of rotatable bonds is 7. The lowest BCUT2D eigenvalue weighted by molar-refractivity contribution is -0.385. The number of nitro groups is 1. The zero-order valence-corrected chi connectivity index (χ0v) is 10.3. The van der Waals surface area contributed by atoms with E-state index >= 15 is 0 Å². The number of nitrogens with zero attached hydrogens (tertiary/aromatic N) is 1. The Labute approximate surface area is 105 Å². The maximum atomic E-state index is 11.1. The van der Waals surface area contributed by atoms with Gasteiger partial charge in [-0.05, 0) is 6.07 Å². The van der Waals surface area contributed by atoms with E-state index < -0.39 is 4.92 Å². The zero-order chi connectivity index (χ0) is 13.5. The van der Waals surface area contributed by atoms with Crippen LogP contribution in [0, 0.1) is 10.1 Å². The molecule has 0 atom stereocenters. The summed E-state index contributed by atoms with van der Waals surface area (Å²) in [6.45, 7) is 1.96. The van der Waals surface area contributed by atoms with Crippen LogP contribution in [0.15, 0.2) is 18.2 Å². The largest absolute Gasteiger partial charge is 0.493 e. The number of nitro benzene ring substituents is 1. The average Bonchev–Trinajstić information content (AvgIpc) is 2.38. The van der Waals surface area contributed by atoms with Crippen LogP contribution >= 0.6 is 0 Å². The molecule has 0 bridgehead atoms. The first-order chi connectivity index (χ1) is 8.58. The smallest absolute Gasteiger partial charge is 0.273 e. The van der Waals surface area contributed by atoms with Gasteiger partial charge >= 0.3 is 0 Å². The molecule has 1 aromatic rings. The van der Waals surface area contributed by atoms with Crippen LogP contribution < -0.4 is 9.47 Å². The monoisotopic (exact) mass is 253 g/mol. The second-order valence-corrected chi connectivity index (χ2v) is 3.58. The average molecular weight is 253 g/mol. The molecule has 0 heterocycles. The number of Topliss-reactive ketones (excluding diaryl/α,β-unsaturated/α-hetero) is 1. The van der Waals surface area contributed by atoms with Crippen LogP contribution in [0.1, 0.15) is 19.8 Å². The third-order valence-corrected chi connectivity index (χ3v) is 2.39. The molecule has 0 spiro atoms. The molecular formula is C12H15NO5. The minimum absolute atomic E-state index is 0.0763. The number of methoxy groups -OCH3 is 1. The van der Waals surface area contributed by atoms with E-state index in [-0.39, 0.29) is 30.2 Å². The molecule has 0 unspecified atom stereocenters. The van der Waals surface area contributed by atoms with Gasteiger partial charge in [0.2, 0.25) is 0 Å². The summed E-state index contributed by atoms with van der Waals surface area (Å²) in [6, 6.07) is 4.09. The molecule has 6 nitrogen and oxygen atoms in total. The molecule has 0 radical (unpaired) electrons. The van der Waals surface area contributed by atoms with Gasteiger partial charge in [0.15, 0.2) is 11.5 Å². The van der Waals surface area contributed by atoms with Crippen molar-refractivity contribution in [3.05, 3.63) is 28.3 Å². The molecule has 0 aliphatic carbocycles. The van der Waals surface area contributed by atoms with Crippen molar-refractivity contribution in [3.8, 4) is 11.5 Å². The molecule has 0 aliphatic rings. The number of hydrogen-bond acceptors (Lipinski definition) is 5. The van der Waals surface area contributed by atoms with E-state index in [9.17, 15) is 14.9 Å². The van der Waals surface area contributed by atoms with Crippen molar-refractivity contribution in [2.24, 2.45) is 0 Å². The Morgan fingerprint density at radius 1 is 1.39 bits per heavy atom. The fraction of sp³-hybridized carbons (Fsp3) is 0.417. The second-order valence-electron chi connectivity index (χ2n) is 3.58. The summed E-state index contributed by atoms with van der Waals surface area (Å²) in [5, 5.41) is 10.6. The Kier molecular flexibility index (Phi) is 5.10. The summed E-state index contributed by atoms with van der Waals surface area (Å²) >= 11 is 0. The fourth-order valence-corrected chi connectivity index (χ4v) is 1.34. The molecule has 0 N–H and O–H groups in total. The predicted octanol–water partition coefficient (Wildman–Crippen LogP) is 2.35. The number of non-ortho nitro benzene ring substituents is 1. The van der Waals surface area contributed by atoms with Crippen molar-refractivity contribution >= 4 is 11.5 Å². The lowest BCUT2D eigenvalue weighted by atomic mass is 10.2. The first kappa shape index (κ1) is 14.0. The summed E-state index contributed by atoms with van der Waals surface area (Å²) in [6.07, 6.45) is 0.734. The van der Waals surface area contributed by atoms with E-state index in [1.54, 1.807) is 6.92 Å². The van der Waals surface area contributed by atoms with Crippen molar-refractivity contribution in [2.45, 2.75) is 19.8 Å². The SMILES string of the molecule is CCC(=O)CCOc1cc([N+](=O)[O-])ccc1OC. The number of ether oxygens (including phenoxy) is 2. The maximum Gasteiger partial charge on any atom is 0.273 e. The lowest BCUT2D eigenvalue weighted by Crippen LogP contribution is -2.06. The standard InChI is InChI=1S/C12H15NO5/c1-3-10(14)6-7-18-12-8-9(13(15)16)4-5-11(12)17-2/h4-5,8H,3,6-7H2,1-2H3.